The van der Waals surface area contributed by atoms with Crippen LogP contribution in [0.2, 0.25) is 0 Å². The molecular formula is C15H26N2O. The van der Waals surface area contributed by atoms with E-state index in [9.17, 15) is 4.79 Å². The second kappa shape index (κ2) is 6.72. The van der Waals surface area contributed by atoms with Gasteiger partial charge in [0.1, 0.15) is 0 Å². The molecule has 0 aliphatic heterocycles. The van der Waals surface area contributed by atoms with Gasteiger partial charge >= 0.3 is 0 Å². The molecule has 0 spiro atoms. The van der Waals surface area contributed by atoms with Crippen LogP contribution < -0.4 is 0 Å². The van der Waals surface area contributed by atoms with Crippen molar-refractivity contribution in [1.82, 2.24) is 9.78 Å². The van der Waals surface area contributed by atoms with E-state index >= 15 is 0 Å². The predicted molar refractivity (Wildman–Crippen MR) is 75.1 cm³/mol. The smallest absolute Gasteiger partial charge is 0.166 e. The lowest BCUT2D eigenvalue weighted by Crippen LogP contribution is -2.09. The number of aryl methyl sites for hydroxylation is 2. The summed E-state index contributed by atoms with van der Waals surface area (Å²) in [6, 6.07) is 0. The molecule has 0 amide bonds. The molecule has 3 heteroatoms. The molecule has 1 rings (SSSR count). The maximum Gasteiger partial charge on any atom is 0.166 e. The highest BCUT2D eigenvalue weighted by atomic mass is 16.1. The molecule has 0 saturated carbocycles. The first-order valence-electron chi connectivity index (χ1n) is 7.16. The van der Waals surface area contributed by atoms with Gasteiger partial charge in [-0.05, 0) is 25.2 Å². The Morgan fingerprint density at radius 3 is 2.33 bits per heavy atom. The van der Waals surface area contributed by atoms with E-state index in [1.807, 2.05) is 6.92 Å². The zero-order valence-corrected chi connectivity index (χ0v) is 12.4. The summed E-state index contributed by atoms with van der Waals surface area (Å²) in [6.45, 7) is 11.5. The van der Waals surface area contributed by atoms with Gasteiger partial charge in [-0.25, -0.2) is 0 Å². The Hall–Kier alpha value is -1.12. The summed E-state index contributed by atoms with van der Waals surface area (Å²) in [5.74, 6) is 0.897. The van der Waals surface area contributed by atoms with E-state index < -0.39 is 0 Å². The van der Waals surface area contributed by atoms with Crippen LogP contribution in [0.15, 0.2) is 0 Å². The Kier molecular flexibility index (Phi) is 5.57. The molecule has 102 valence electrons. The van der Waals surface area contributed by atoms with E-state index in [1.54, 1.807) is 0 Å². The van der Waals surface area contributed by atoms with E-state index in [4.69, 9.17) is 0 Å². The first-order chi connectivity index (χ1) is 8.54. The second-order valence-corrected chi connectivity index (χ2v) is 5.16. The Balaban J connectivity index is 3.11. The van der Waals surface area contributed by atoms with Crippen LogP contribution in [-0.2, 0) is 19.4 Å². The first kappa shape index (κ1) is 14.9. The topological polar surface area (TPSA) is 34.9 Å². The zero-order chi connectivity index (χ0) is 13.7. The summed E-state index contributed by atoms with van der Waals surface area (Å²) in [4.78, 5) is 12.1. The van der Waals surface area contributed by atoms with Gasteiger partial charge < -0.3 is 0 Å². The zero-order valence-electron chi connectivity index (χ0n) is 12.4. The maximum atomic E-state index is 12.1. The van der Waals surface area contributed by atoms with Crippen molar-refractivity contribution in [3.63, 3.8) is 0 Å². The highest BCUT2D eigenvalue weighted by molar-refractivity contribution is 5.98. The molecule has 0 aliphatic rings. The SMILES string of the molecule is CCC(=O)c1c(CC)nn(CCC(C)C)c1CC. The number of hydrogen-bond donors (Lipinski definition) is 0. The molecule has 0 aromatic carbocycles. The average molecular weight is 250 g/mol. The van der Waals surface area contributed by atoms with Crippen LogP contribution in [0.1, 0.15) is 69.2 Å². The number of carbonyl (C=O) groups excluding carboxylic acids is 1. The summed E-state index contributed by atoms with van der Waals surface area (Å²) in [7, 11) is 0. The molecule has 0 atom stereocenters. The summed E-state index contributed by atoms with van der Waals surface area (Å²) in [6.07, 6.45) is 3.39. The second-order valence-electron chi connectivity index (χ2n) is 5.16. The summed E-state index contributed by atoms with van der Waals surface area (Å²) >= 11 is 0. The number of Topliss-reactive ketones (excluding diaryl/α,β-unsaturated/α-hetero) is 1. The molecule has 0 aliphatic carbocycles. The Bertz CT molecular complexity index is 405. The van der Waals surface area contributed by atoms with Crippen LogP contribution in [-0.4, -0.2) is 15.6 Å². The molecule has 0 fully saturated rings. The van der Waals surface area contributed by atoms with E-state index in [0.29, 0.717) is 12.3 Å². The van der Waals surface area contributed by atoms with Gasteiger partial charge in [0.05, 0.1) is 11.3 Å². The van der Waals surface area contributed by atoms with Crippen LogP contribution in [0.5, 0.6) is 0 Å². The van der Waals surface area contributed by atoms with Gasteiger partial charge in [-0.1, -0.05) is 34.6 Å². The predicted octanol–water partition coefficient (Wildman–Crippen LogP) is 3.65. The molecule has 3 nitrogen and oxygen atoms in total. The standard InChI is InChI=1S/C15H26N2O/c1-6-12-15(14(18)8-3)13(7-2)17(16-12)10-9-11(4)5/h11H,6-10H2,1-5H3. The molecular weight excluding hydrogens is 224 g/mol. The largest absolute Gasteiger partial charge is 0.294 e. The van der Waals surface area contributed by atoms with Gasteiger partial charge in [0.25, 0.3) is 0 Å². The van der Waals surface area contributed by atoms with Crippen LogP contribution in [0.25, 0.3) is 0 Å². The lowest BCUT2D eigenvalue weighted by molar-refractivity contribution is 0.0986. The molecule has 1 aromatic rings. The van der Waals surface area contributed by atoms with Gasteiger partial charge in [-0.15, -0.1) is 0 Å². The number of nitrogens with zero attached hydrogens (tertiary/aromatic N) is 2. The third-order valence-electron chi connectivity index (χ3n) is 3.32. The number of hydrogen-bond acceptors (Lipinski definition) is 2. The lowest BCUT2D eigenvalue weighted by Gasteiger charge is -2.08. The van der Waals surface area contributed by atoms with Crippen LogP contribution >= 0.6 is 0 Å². The number of rotatable bonds is 7. The molecule has 0 unspecified atom stereocenters. The first-order valence-corrected chi connectivity index (χ1v) is 7.16. The normalized spacial score (nSPS) is 11.2. The molecule has 1 heterocycles. The summed E-state index contributed by atoms with van der Waals surface area (Å²) in [5, 5.41) is 4.64. The van der Waals surface area contributed by atoms with E-state index in [0.717, 1.165) is 42.8 Å². The van der Waals surface area contributed by atoms with Gasteiger partial charge in [-0.2, -0.15) is 5.10 Å². The van der Waals surface area contributed by atoms with Crippen molar-refractivity contribution in [3.8, 4) is 0 Å². The molecule has 1 aromatic heterocycles. The minimum atomic E-state index is 0.236. The van der Waals surface area contributed by atoms with Crippen molar-refractivity contribution in [1.29, 1.82) is 0 Å². The quantitative estimate of drug-likeness (QED) is 0.692. The molecule has 0 N–H and O–H groups in total. The molecule has 0 radical (unpaired) electrons. The highest BCUT2D eigenvalue weighted by Gasteiger charge is 2.20. The molecule has 0 saturated heterocycles. The minimum absolute atomic E-state index is 0.236. The van der Waals surface area contributed by atoms with Crippen molar-refractivity contribution in [2.24, 2.45) is 5.92 Å². The lowest BCUT2D eigenvalue weighted by atomic mass is 10.0. The maximum absolute atomic E-state index is 12.1. The highest BCUT2D eigenvalue weighted by Crippen LogP contribution is 2.19. The third-order valence-corrected chi connectivity index (χ3v) is 3.32. The van der Waals surface area contributed by atoms with Gasteiger partial charge in [0.2, 0.25) is 0 Å². The fourth-order valence-electron chi connectivity index (χ4n) is 2.22. The van der Waals surface area contributed by atoms with Crippen molar-refractivity contribution < 1.29 is 4.79 Å². The van der Waals surface area contributed by atoms with Gasteiger partial charge in [-0.3, -0.25) is 9.48 Å². The van der Waals surface area contributed by atoms with Crippen LogP contribution in [0, 0.1) is 5.92 Å². The Morgan fingerprint density at radius 1 is 1.22 bits per heavy atom. The molecule has 0 bridgehead atoms. The minimum Gasteiger partial charge on any atom is -0.294 e. The summed E-state index contributed by atoms with van der Waals surface area (Å²) < 4.78 is 2.06. The van der Waals surface area contributed by atoms with Crippen molar-refractivity contribution in [2.75, 3.05) is 0 Å². The number of aromatic nitrogens is 2. The fourth-order valence-corrected chi connectivity index (χ4v) is 2.22. The van der Waals surface area contributed by atoms with Crippen molar-refractivity contribution in [2.45, 2.75) is 66.8 Å². The molecule has 18 heavy (non-hydrogen) atoms. The summed E-state index contributed by atoms with van der Waals surface area (Å²) in [5.41, 5.74) is 2.99. The van der Waals surface area contributed by atoms with Crippen molar-refractivity contribution >= 4 is 5.78 Å². The van der Waals surface area contributed by atoms with Crippen LogP contribution in [0.3, 0.4) is 0 Å². The Morgan fingerprint density at radius 2 is 1.89 bits per heavy atom. The Labute approximate surface area is 111 Å². The van der Waals surface area contributed by atoms with E-state index in [2.05, 4.69) is 37.5 Å². The van der Waals surface area contributed by atoms with Crippen molar-refractivity contribution in [3.05, 3.63) is 17.0 Å². The van der Waals surface area contributed by atoms with E-state index in [1.165, 1.54) is 0 Å². The number of ketones is 1. The third kappa shape index (κ3) is 3.21. The fraction of sp³-hybridized carbons (Fsp3) is 0.733. The monoisotopic (exact) mass is 250 g/mol. The average Bonchev–Trinajstić information content (AvgIpc) is 2.72. The van der Waals surface area contributed by atoms with E-state index in [-0.39, 0.29) is 5.78 Å². The van der Waals surface area contributed by atoms with Gasteiger partial charge in [0.15, 0.2) is 5.78 Å². The number of carbonyl (C=O) groups is 1. The van der Waals surface area contributed by atoms with Gasteiger partial charge in [0, 0.05) is 18.7 Å². The van der Waals surface area contributed by atoms with Crippen LogP contribution in [0.4, 0.5) is 0 Å².